The Bertz CT molecular complexity index is 560. The minimum Gasteiger partial charge on any atom is -0.341 e. The summed E-state index contributed by atoms with van der Waals surface area (Å²) in [5.41, 5.74) is 0.721. The van der Waals surface area contributed by atoms with Gasteiger partial charge < -0.3 is 15.1 Å². The van der Waals surface area contributed by atoms with Gasteiger partial charge in [-0.1, -0.05) is 25.4 Å². The third kappa shape index (κ3) is 5.71. The van der Waals surface area contributed by atoms with E-state index in [1.54, 1.807) is 29.2 Å². The predicted octanol–water partition coefficient (Wildman–Crippen LogP) is 3.84. The molecule has 1 N–H and O–H groups in total. The Balaban J connectivity index is 1.84. The lowest BCUT2D eigenvalue weighted by Crippen LogP contribution is -2.39. The molecule has 132 valence electrons. The van der Waals surface area contributed by atoms with Crippen LogP contribution in [-0.4, -0.2) is 47.9 Å². The average molecular weight is 352 g/mol. The first-order valence-corrected chi connectivity index (χ1v) is 8.93. The predicted molar refractivity (Wildman–Crippen MR) is 97.3 cm³/mol. The van der Waals surface area contributed by atoms with Gasteiger partial charge in [0.05, 0.1) is 0 Å². The molecule has 1 heterocycles. The summed E-state index contributed by atoms with van der Waals surface area (Å²) in [6.07, 6.45) is 2.31. The van der Waals surface area contributed by atoms with E-state index in [1.807, 2.05) is 4.90 Å². The molecule has 0 aromatic heterocycles. The first-order valence-electron chi connectivity index (χ1n) is 8.55. The number of nitrogens with zero attached hydrogens (tertiary/aromatic N) is 2. The lowest BCUT2D eigenvalue weighted by Gasteiger charge is -2.22. The summed E-state index contributed by atoms with van der Waals surface area (Å²) in [6, 6.07) is 6.91. The van der Waals surface area contributed by atoms with E-state index in [1.165, 1.54) is 0 Å². The van der Waals surface area contributed by atoms with Gasteiger partial charge >= 0.3 is 6.03 Å². The van der Waals surface area contributed by atoms with Crippen molar-refractivity contribution in [3.05, 3.63) is 29.3 Å². The summed E-state index contributed by atoms with van der Waals surface area (Å²) >= 11 is 5.85. The number of benzene rings is 1. The van der Waals surface area contributed by atoms with Crippen LogP contribution in [0.15, 0.2) is 24.3 Å². The molecule has 3 amide bonds. The van der Waals surface area contributed by atoms with Crippen molar-refractivity contribution >= 4 is 29.2 Å². The van der Waals surface area contributed by atoms with Gasteiger partial charge in [0.2, 0.25) is 5.91 Å². The maximum absolute atomic E-state index is 12.4. The molecule has 0 radical (unpaired) electrons. The van der Waals surface area contributed by atoms with Crippen molar-refractivity contribution in [3.63, 3.8) is 0 Å². The Hall–Kier alpha value is -1.75. The van der Waals surface area contributed by atoms with Gasteiger partial charge in [-0.25, -0.2) is 4.79 Å². The summed E-state index contributed by atoms with van der Waals surface area (Å²) in [5, 5.41) is 3.51. The lowest BCUT2D eigenvalue weighted by atomic mass is 10.1. The third-order valence-corrected chi connectivity index (χ3v) is 4.42. The minimum absolute atomic E-state index is 0.131. The molecule has 6 heteroatoms. The van der Waals surface area contributed by atoms with E-state index >= 15 is 0 Å². The smallest absolute Gasteiger partial charge is 0.321 e. The van der Waals surface area contributed by atoms with Crippen molar-refractivity contribution in [1.29, 1.82) is 0 Å². The molecule has 1 aliphatic rings. The van der Waals surface area contributed by atoms with Gasteiger partial charge in [-0.3, -0.25) is 4.79 Å². The molecular weight excluding hydrogens is 326 g/mol. The van der Waals surface area contributed by atoms with E-state index in [0.717, 1.165) is 25.1 Å². The topological polar surface area (TPSA) is 52.7 Å². The van der Waals surface area contributed by atoms with Crippen LogP contribution in [0.4, 0.5) is 10.5 Å². The summed E-state index contributed by atoms with van der Waals surface area (Å²) in [7, 11) is 0. The van der Waals surface area contributed by atoms with Crippen LogP contribution in [0.1, 0.15) is 33.1 Å². The summed E-state index contributed by atoms with van der Waals surface area (Å²) in [5.74, 6) is 0.728. The molecule has 0 bridgehead atoms. The SMILES string of the molecule is CC(C)CCC(=O)N1CCCN(C(=O)Nc2ccc(Cl)cc2)CC1. The number of nitrogens with one attached hydrogen (secondary N) is 1. The van der Waals surface area contributed by atoms with E-state index in [2.05, 4.69) is 19.2 Å². The fourth-order valence-corrected chi connectivity index (χ4v) is 2.80. The number of carbonyl (C=O) groups excluding carboxylic acids is 2. The van der Waals surface area contributed by atoms with Gasteiger partial charge in [-0.05, 0) is 43.0 Å². The molecule has 1 fully saturated rings. The molecule has 0 saturated carbocycles. The zero-order valence-electron chi connectivity index (χ0n) is 14.4. The highest BCUT2D eigenvalue weighted by Crippen LogP contribution is 2.15. The van der Waals surface area contributed by atoms with Crippen LogP contribution in [0.3, 0.4) is 0 Å². The highest BCUT2D eigenvalue weighted by Gasteiger charge is 2.22. The van der Waals surface area contributed by atoms with Crippen LogP contribution in [0.5, 0.6) is 0 Å². The zero-order chi connectivity index (χ0) is 17.5. The molecule has 2 rings (SSSR count). The normalized spacial score (nSPS) is 15.3. The van der Waals surface area contributed by atoms with E-state index in [4.69, 9.17) is 11.6 Å². The number of halogens is 1. The molecule has 5 nitrogen and oxygen atoms in total. The van der Waals surface area contributed by atoms with Gasteiger partial charge in [-0.15, -0.1) is 0 Å². The molecule has 1 aromatic rings. The van der Waals surface area contributed by atoms with Gasteiger partial charge in [-0.2, -0.15) is 0 Å². The Morgan fingerprint density at radius 1 is 1.08 bits per heavy atom. The fourth-order valence-electron chi connectivity index (χ4n) is 2.68. The van der Waals surface area contributed by atoms with E-state index in [0.29, 0.717) is 37.0 Å². The van der Waals surface area contributed by atoms with Gasteiger partial charge in [0.1, 0.15) is 0 Å². The fraction of sp³-hybridized carbons (Fsp3) is 0.556. The van der Waals surface area contributed by atoms with Gasteiger partial charge in [0.15, 0.2) is 0 Å². The standard InChI is InChI=1S/C18H26ClN3O2/c1-14(2)4-9-17(23)21-10-3-11-22(13-12-21)18(24)20-16-7-5-15(19)6-8-16/h5-8,14H,3-4,9-13H2,1-2H3,(H,20,24). The highest BCUT2D eigenvalue weighted by molar-refractivity contribution is 6.30. The summed E-state index contributed by atoms with van der Waals surface area (Å²) in [6.45, 7) is 6.80. The average Bonchev–Trinajstić information content (AvgIpc) is 2.81. The number of rotatable bonds is 4. The van der Waals surface area contributed by atoms with Crippen LogP contribution in [0, 0.1) is 5.92 Å². The van der Waals surface area contributed by atoms with Crippen molar-refractivity contribution in [3.8, 4) is 0 Å². The van der Waals surface area contributed by atoms with Crippen molar-refractivity contribution in [2.24, 2.45) is 5.92 Å². The van der Waals surface area contributed by atoms with Crippen molar-refractivity contribution < 1.29 is 9.59 Å². The Morgan fingerprint density at radius 3 is 2.38 bits per heavy atom. The second-order valence-corrected chi connectivity index (χ2v) is 7.03. The van der Waals surface area contributed by atoms with Gasteiger partial charge in [0.25, 0.3) is 0 Å². The van der Waals surface area contributed by atoms with Gasteiger partial charge in [0, 0.05) is 43.3 Å². The Morgan fingerprint density at radius 2 is 1.71 bits per heavy atom. The quantitative estimate of drug-likeness (QED) is 0.895. The number of urea groups is 1. The highest BCUT2D eigenvalue weighted by atomic mass is 35.5. The number of hydrogen-bond acceptors (Lipinski definition) is 2. The zero-order valence-corrected chi connectivity index (χ0v) is 15.2. The molecule has 0 aliphatic carbocycles. The molecule has 1 aliphatic heterocycles. The van der Waals surface area contributed by atoms with Crippen molar-refractivity contribution in [1.82, 2.24) is 9.80 Å². The summed E-state index contributed by atoms with van der Waals surface area (Å²) in [4.78, 5) is 28.3. The van der Waals surface area contributed by atoms with Crippen molar-refractivity contribution in [2.75, 3.05) is 31.5 Å². The van der Waals surface area contributed by atoms with Crippen LogP contribution in [0.25, 0.3) is 0 Å². The second kappa shape index (κ2) is 8.92. The first kappa shape index (κ1) is 18.6. The van der Waals surface area contributed by atoms with E-state index in [-0.39, 0.29) is 11.9 Å². The first-order chi connectivity index (χ1) is 11.5. The van der Waals surface area contributed by atoms with Crippen LogP contribution in [-0.2, 0) is 4.79 Å². The Labute approximate surface area is 149 Å². The number of amides is 3. The lowest BCUT2D eigenvalue weighted by molar-refractivity contribution is -0.131. The maximum atomic E-state index is 12.4. The number of anilines is 1. The van der Waals surface area contributed by atoms with Crippen LogP contribution < -0.4 is 5.32 Å². The molecule has 1 aromatic carbocycles. The monoisotopic (exact) mass is 351 g/mol. The van der Waals surface area contributed by atoms with E-state index in [9.17, 15) is 9.59 Å². The largest absolute Gasteiger partial charge is 0.341 e. The third-order valence-electron chi connectivity index (χ3n) is 4.17. The summed E-state index contributed by atoms with van der Waals surface area (Å²) < 4.78 is 0. The van der Waals surface area contributed by atoms with Crippen molar-refractivity contribution in [2.45, 2.75) is 33.1 Å². The second-order valence-electron chi connectivity index (χ2n) is 6.59. The van der Waals surface area contributed by atoms with Crippen LogP contribution >= 0.6 is 11.6 Å². The number of carbonyl (C=O) groups is 2. The van der Waals surface area contributed by atoms with Crippen LogP contribution in [0.2, 0.25) is 5.02 Å². The molecule has 24 heavy (non-hydrogen) atoms. The molecule has 0 atom stereocenters. The molecule has 0 unspecified atom stereocenters. The number of hydrogen-bond donors (Lipinski definition) is 1. The maximum Gasteiger partial charge on any atom is 0.321 e. The molecule has 1 saturated heterocycles. The molecule has 0 spiro atoms. The minimum atomic E-state index is -0.131. The van der Waals surface area contributed by atoms with E-state index < -0.39 is 0 Å². The molecular formula is C18H26ClN3O2. The Kier molecular flexibility index (Phi) is 6.91.